The van der Waals surface area contributed by atoms with Crippen LogP contribution in [0, 0.1) is 0 Å². The molecule has 0 bridgehead atoms. The van der Waals surface area contributed by atoms with E-state index in [1.807, 2.05) is 0 Å². The number of carbonyl (C=O) groups is 1. The van der Waals surface area contributed by atoms with Crippen LogP contribution < -0.4 is 5.32 Å². The van der Waals surface area contributed by atoms with Gasteiger partial charge in [-0.15, -0.1) is 0 Å². The smallest absolute Gasteiger partial charge is 0.194 e. The van der Waals surface area contributed by atoms with Crippen LogP contribution in [-0.4, -0.2) is 22.1 Å². The molecule has 4 heteroatoms. The first-order chi connectivity index (χ1) is 5.29. The van der Waals surface area contributed by atoms with Gasteiger partial charge in [0.05, 0.1) is 12.7 Å². The number of aryl methyl sites for hydroxylation is 1. The molecular weight excluding hydrogens is 142 g/mol. The topological polar surface area (TPSA) is 46.9 Å². The summed E-state index contributed by atoms with van der Waals surface area (Å²) in [6, 6.07) is 0. The minimum absolute atomic E-state index is 0.131. The van der Waals surface area contributed by atoms with Gasteiger partial charge in [-0.2, -0.15) is 5.10 Å². The first-order valence-corrected chi connectivity index (χ1v) is 3.54. The van der Waals surface area contributed by atoms with Crippen LogP contribution >= 0.6 is 0 Å². The average molecular weight is 151 g/mol. The molecule has 2 heterocycles. The lowest BCUT2D eigenvalue weighted by molar-refractivity contribution is 0.0973. The van der Waals surface area contributed by atoms with Gasteiger partial charge in [-0.3, -0.25) is 9.48 Å². The Morgan fingerprint density at radius 1 is 1.64 bits per heavy atom. The van der Waals surface area contributed by atoms with Crippen molar-refractivity contribution in [1.29, 1.82) is 0 Å². The van der Waals surface area contributed by atoms with Gasteiger partial charge in [0.15, 0.2) is 5.78 Å². The van der Waals surface area contributed by atoms with Crippen LogP contribution in [0.15, 0.2) is 6.20 Å². The van der Waals surface area contributed by atoms with E-state index in [1.165, 1.54) is 0 Å². The lowest BCUT2D eigenvalue weighted by Crippen LogP contribution is -2.30. The molecule has 2 rings (SSSR count). The summed E-state index contributed by atoms with van der Waals surface area (Å²) < 4.78 is 1.64. The molecule has 1 aromatic rings. The van der Waals surface area contributed by atoms with Crippen LogP contribution in [0.25, 0.3) is 0 Å². The zero-order valence-electron chi connectivity index (χ0n) is 6.29. The van der Waals surface area contributed by atoms with Gasteiger partial charge < -0.3 is 5.32 Å². The first-order valence-electron chi connectivity index (χ1n) is 3.54. The third-order valence-electron chi connectivity index (χ3n) is 1.88. The highest BCUT2D eigenvalue weighted by Crippen LogP contribution is 2.10. The van der Waals surface area contributed by atoms with Crippen LogP contribution in [-0.2, 0) is 13.6 Å². The van der Waals surface area contributed by atoms with E-state index in [4.69, 9.17) is 0 Å². The Bertz CT molecular complexity index is 303. The zero-order chi connectivity index (χ0) is 7.84. The molecule has 1 N–H and O–H groups in total. The fourth-order valence-electron chi connectivity index (χ4n) is 1.37. The molecule has 11 heavy (non-hydrogen) atoms. The maximum atomic E-state index is 11.2. The molecule has 1 aromatic heterocycles. The maximum Gasteiger partial charge on any atom is 0.194 e. The summed E-state index contributed by atoms with van der Waals surface area (Å²) in [4.78, 5) is 11.2. The van der Waals surface area contributed by atoms with Gasteiger partial charge in [0, 0.05) is 19.2 Å². The van der Waals surface area contributed by atoms with Gasteiger partial charge in [-0.05, 0) is 0 Å². The van der Waals surface area contributed by atoms with Crippen LogP contribution in [0.2, 0.25) is 0 Å². The normalized spacial score (nSPS) is 16.6. The van der Waals surface area contributed by atoms with Crippen LogP contribution in [0.3, 0.4) is 0 Å². The van der Waals surface area contributed by atoms with Gasteiger partial charge in [-0.25, -0.2) is 0 Å². The minimum atomic E-state index is 0.131. The van der Waals surface area contributed by atoms with Gasteiger partial charge in [0.2, 0.25) is 0 Å². The molecule has 0 aromatic carbocycles. The summed E-state index contributed by atoms with van der Waals surface area (Å²) in [7, 11) is 1.79. The van der Waals surface area contributed by atoms with E-state index in [0.29, 0.717) is 6.54 Å². The van der Waals surface area contributed by atoms with E-state index in [0.717, 1.165) is 17.8 Å². The lowest BCUT2D eigenvalue weighted by atomic mass is 10.1. The molecule has 0 spiro atoms. The SMILES string of the molecule is Cn1ncc2c1C(=O)CNC2. The second kappa shape index (κ2) is 2.17. The van der Waals surface area contributed by atoms with E-state index >= 15 is 0 Å². The monoisotopic (exact) mass is 151 g/mol. The molecule has 1 aliphatic rings. The Balaban J connectivity index is 2.56. The number of ketones is 1. The molecule has 4 nitrogen and oxygen atoms in total. The molecule has 0 unspecified atom stereocenters. The Hall–Kier alpha value is -1.16. The minimum Gasteiger partial charge on any atom is -0.305 e. The van der Waals surface area contributed by atoms with Gasteiger partial charge in [0.1, 0.15) is 5.69 Å². The molecular formula is C7H9N3O. The quantitative estimate of drug-likeness (QED) is 0.554. The molecule has 0 fully saturated rings. The van der Waals surface area contributed by atoms with Crippen LogP contribution in [0.1, 0.15) is 16.1 Å². The van der Waals surface area contributed by atoms with E-state index in [-0.39, 0.29) is 5.78 Å². The van der Waals surface area contributed by atoms with Crippen molar-refractivity contribution in [2.24, 2.45) is 7.05 Å². The molecule has 0 aliphatic carbocycles. The third kappa shape index (κ3) is 0.867. The van der Waals surface area contributed by atoms with Crippen molar-refractivity contribution in [3.05, 3.63) is 17.5 Å². The number of rotatable bonds is 0. The fraction of sp³-hybridized carbons (Fsp3) is 0.429. The zero-order valence-corrected chi connectivity index (χ0v) is 6.29. The number of hydrogen-bond donors (Lipinski definition) is 1. The van der Waals surface area contributed by atoms with Crippen molar-refractivity contribution in [2.45, 2.75) is 6.54 Å². The molecule has 0 saturated heterocycles. The summed E-state index contributed by atoms with van der Waals surface area (Å²) >= 11 is 0. The highest BCUT2D eigenvalue weighted by atomic mass is 16.1. The van der Waals surface area contributed by atoms with Crippen molar-refractivity contribution < 1.29 is 4.79 Å². The van der Waals surface area contributed by atoms with E-state index in [2.05, 4.69) is 10.4 Å². The third-order valence-corrected chi connectivity index (χ3v) is 1.88. The van der Waals surface area contributed by atoms with Gasteiger partial charge >= 0.3 is 0 Å². The Morgan fingerprint density at radius 2 is 2.45 bits per heavy atom. The highest BCUT2D eigenvalue weighted by Gasteiger charge is 2.19. The number of aromatic nitrogens is 2. The number of nitrogens with one attached hydrogen (secondary N) is 1. The fourth-order valence-corrected chi connectivity index (χ4v) is 1.37. The lowest BCUT2D eigenvalue weighted by Gasteiger charge is -2.11. The molecule has 0 saturated carbocycles. The average Bonchev–Trinajstić information content (AvgIpc) is 2.34. The molecule has 1 aliphatic heterocycles. The van der Waals surface area contributed by atoms with Gasteiger partial charge in [0.25, 0.3) is 0 Å². The molecule has 0 atom stereocenters. The second-order valence-electron chi connectivity index (χ2n) is 2.67. The second-order valence-corrected chi connectivity index (χ2v) is 2.67. The van der Waals surface area contributed by atoms with Crippen molar-refractivity contribution in [3.63, 3.8) is 0 Å². The number of Topliss-reactive ketones (excluding diaryl/α,β-unsaturated/α-hetero) is 1. The Morgan fingerprint density at radius 3 is 3.18 bits per heavy atom. The first kappa shape index (κ1) is 6.54. The maximum absolute atomic E-state index is 11.2. The largest absolute Gasteiger partial charge is 0.305 e. The molecule has 58 valence electrons. The molecule has 0 radical (unpaired) electrons. The summed E-state index contributed by atoms with van der Waals surface area (Å²) in [5.74, 6) is 0.131. The van der Waals surface area contributed by atoms with Crippen LogP contribution in [0.5, 0.6) is 0 Å². The van der Waals surface area contributed by atoms with Crippen molar-refractivity contribution in [1.82, 2.24) is 15.1 Å². The Kier molecular flexibility index (Phi) is 1.29. The van der Waals surface area contributed by atoms with Gasteiger partial charge in [-0.1, -0.05) is 0 Å². The van der Waals surface area contributed by atoms with Crippen molar-refractivity contribution >= 4 is 5.78 Å². The van der Waals surface area contributed by atoms with E-state index in [1.54, 1.807) is 17.9 Å². The summed E-state index contributed by atoms with van der Waals surface area (Å²) in [6.07, 6.45) is 1.74. The highest BCUT2D eigenvalue weighted by molar-refractivity contribution is 5.98. The number of hydrogen-bond acceptors (Lipinski definition) is 3. The number of fused-ring (bicyclic) bond motifs is 1. The van der Waals surface area contributed by atoms with Crippen LogP contribution in [0.4, 0.5) is 0 Å². The predicted octanol–water partition coefficient (Wildman–Crippen LogP) is -0.294. The predicted molar refractivity (Wildman–Crippen MR) is 39.2 cm³/mol. The van der Waals surface area contributed by atoms with E-state index < -0.39 is 0 Å². The standard InChI is InChI=1S/C7H9N3O/c1-10-7-5(3-9-10)2-8-4-6(7)11/h3,8H,2,4H2,1H3. The van der Waals surface area contributed by atoms with E-state index in [9.17, 15) is 4.79 Å². The molecule has 0 amide bonds. The number of nitrogens with zero attached hydrogens (tertiary/aromatic N) is 2. The summed E-state index contributed by atoms with van der Waals surface area (Å²) in [5.41, 5.74) is 1.76. The van der Waals surface area contributed by atoms with Crippen molar-refractivity contribution in [2.75, 3.05) is 6.54 Å². The summed E-state index contributed by atoms with van der Waals surface area (Å²) in [6.45, 7) is 1.20. The Labute approximate surface area is 64.2 Å². The van der Waals surface area contributed by atoms with Crippen molar-refractivity contribution in [3.8, 4) is 0 Å². The number of carbonyl (C=O) groups excluding carboxylic acids is 1. The summed E-state index contributed by atoms with van der Waals surface area (Å²) in [5, 5.41) is 7.01.